The maximum Gasteiger partial charge on any atom is 0.161 e. The van der Waals surface area contributed by atoms with E-state index in [1.807, 2.05) is 17.8 Å². The van der Waals surface area contributed by atoms with Gasteiger partial charge in [-0.2, -0.15) is 11.8 Å². The number of benzene rings is 1. The number of hydrogen-bond donors (Lipinski definition) is 2. The molecule has 6 nitrogen and oxygen atoms in total. The molecule has 3 saturated heterocycles. The average molecular weight is 481 g/mol. The third-order valence-corrected chi connectivity index (χ3v) is 7.05. The second-order valence-electron chi connectivity index (χ2n) is 8.24. The number of aliphatic hydroxyl groups excluding tert-OH is 1. The highest BCUT2D eigenvalue weighted by atomic mass is 35.5. The quantitative estimate of drug-likeness (QED) is 0.590. The van der Waals surface area contributed by atoms with Gasteiger partial charge in [0.2, 0.25) is 0 Å². The van der Waals surface area contributed by atoms with E-state index in [9.17, 15) is 5.11 Å². The van der Waals surface area contributed by atoms with Gasteiger partial charge >= 0.3 is 0 Å². The molecule has 3 heterocycles. The van der Waals surface area contributed by atoms with Crippen molar-refractivity contribution >= 4 is 36.6 Å². The van der Waals surface area contributed by atoms with Gasteiger partial charge in [-0.15, -0.1) is 24.8 Å². The van der Waals surface area contributed by atoms with E-state index in [4.69, 9.17) is 9.47 Å². The number of halogens is 2. The van der Waals surface area contributed by atoms with Gasteiger partial charge in [0.25, 0.3) is 0 Å². The molecule has 0 spiro atoms. The number of thioether (sulfide) groups is 1. The van der Waals surface area contributed by atoms with Gasteiger partial charge in [-0.3, -0.25) is 9.80 Å². The van der Waals surface area contributed by atoms with Crippen molar-refractivity contribution in [3.05, 3.63) is 23.8 Å². The zero-order chi connectivity index (χ0) is 19.3. The van der Waals surface area contributed by atoms with Crippen molar-refractivity contribution in [2.45, 2.75) is 12.6 Å². The molecule has 1 aromatic rings. The van der Waals surface area contributed by atoms with Crippen LogP contribution in [0.1, 0.15) is 5.56 Å². The van der Waals surface area contributed by atoms with Gasteiger partial charge in [-0.05, 0) is 42.6 Å². The molecule has 3 atom stereocenters. The van der Waals surface area contributed by atoms with E-state index in [0.29, 0.717) is 18.9 Å². The van der Waals surface area contributed by atoms with Crippen molar-refractivity contribution in [3.63, 3.8) is 0 Å². The van der Waals surface area contributed by atoms with Crippen LogP contribution in [-0.4, -0.2) is 92.0 Å². The van der Waals surface area contributed by atoms with E-state index >= 15 is 0 Å². The Kier molecular flexibility index (Phi) is 10.8. The van der Waals surface area contributed by atoms with Gasteiger partial charge in [0.05, 0.1) is 7.11 Å². The predicted octanol–water partition coefficient (Wildman–Crippen LogP) is 1.98. The summed E-state index contributed by atoms with van der Waals surface area (Å²) in [5.74, 6) is 5.38. The van der Waals surface area contributed by atoms with Gasteiger partial charge in [0, 0.05) is 50.8 Å². The van der Waals surface area contributed by atoms with Crippen molar-refractivity contribution in [3.8, 4) is 11.5 Å². The maximum absolute atomic E-state index is 10.3. The molecule has 2 N–H and O–H groups in total. The number of methoxy groups -OCH3 is 1. The van der Waals surface area contributed by atoms with Crippen LogP contribution in [0.25, 0.3) is 0 Å². The average Bonchev–Trinajstić information content (AvgIpc) is 3.29. The lowest BCUT2D eigenvalue weighted by molar-refractivity contribution is 0.0704. The summed E-state index contributed by atoms with van der Waals surface area (Å²) in [6.07, 6.45) is -0.481. The first kappa shape index (κ1) is 25.8. The van der Waals surface area contributed by atoms with E-state index in [2.05, 4.69) is 27.2 Å². The van der Waals surface area contributed by atoms with Crippen LogP contribution in [0.15, 0.2) is 18.2 Å². The van der Waals surface area contributed by atoms with Crippen LogP contribution < -0.4 is 14.8 Å². The highest BCUT2D eigenvalue weighted by Gasteiger charge is 2.35. The monoisotopic (exact) mass is 479 g/mol. The summed E-state index contributed by atoms with van der Waals surface area (Å²) < 4.78 is 11.4. The lowest BCUT2D eigenvalue weighted by atomic mass is 10.0. The minimum Gasteiger partial charge on any atom is -0.493 e. The lowest BCUT2D eigenvalue weighted by Gasteiger charge is -2.28. The summed E-state index contributed by atoms with van der Waals surface area (Å²) in [6.45, 7) is 8.71. The first-order valence-electron chi connectivity index (χ1n) is 10.4. The highest BCUT2D eigenvalue weighted by molar-refractivity contribution is 7.99. The SMILES string of the molecule is COc1cc(CN2C[C@H]3CNC[C@H]3C2)ccc1OCC(O)CN1CCSCC1.Cl.Cl. The van der Waals surface area contributed by atoms with Crippen LogP contribution in [0.5, 0.6) is 11.5 Å². The topological polar surface area (TPSA) is 57.2 Å². The normalized spacial score (nSPS) is 25.1. The van der Waals surface area contributed by atoms with Gasteiger partial charge < -0.3 is 19.9 Å². The number of nitrogens with zero attached hydrogens (tertiary/aromatic N) is 2. The Labute approximate surface area is 196 Å². The maximum atomic E-state index is 10.3. The minimum absolute atomic E-state index is 0. The fourth-order valence-electron chi connectivity index (χ4n) is 4.59. The molecular weight excluding hydrogens is 445 g/mol. The van der Waals surface area contributed by atoms with Crippen LogP contribution in [0, 0.1) is 11.8 Å². The smallest absolute Gasteiger partial charge is 0.161 e. The molecule has 0 aliphatic carbocycles. The molecule has 0 radical (unpaired) electrons. The summed E-state index contributed by atoms with van der Waals surface area (Å²) in [4.78, 5) is 4.86. The molecule has 9 heteroatoms. The van der Waals surface area contributed by atoms with Gasteiger partial charge in [-0.1, -0.05) is 6.07 Å². The molecule has 0 amide bonds. The largest absolute Gasteiger partial charge is 0.493 e. The van der Waals surface area contributed by atoms with Crippen LogP contribution in [-0.2, 0) is 6.54 Å². The Morgan fingerprint density at radius 2 is 1.80 bits per heavy atom. The number of nitrogens with one attached hydrogen (secondary N) is 1. The number of hydrogen-bond acceptors (Lipinski definition) is 7. The number of rotatable bonds is 8. The second kappa shape index (κ2) is 12.6. The summed E-state index contributed by atoms with van der Waals surface area (Å²) in [6, 6.07) is 6.19. The van der Waals surface area contributed by atoms with Crippen LogP contribution in [0.3, 0.4) is 0 Å². The Morgan fingerprint density at radius 1 is 1.10 bits per heavy atom. The van der Waals surface area contributed by atoms with Gasteiger partial charge in [0.15, 0.2) is 11.5 Å². The van der Waals surface area contributed by atoms with E-state index in [1.165, 1.54) is 18.7 Å². The number of aliphatic hydroxyl groups is 1. The molecule has 3 fully saturated rings. The number of fused-ring (bicyclic) bond motifs is 1. The molecule has 30 heavy (non-hydrogen) atoms. The Morgan fingerprint density at radius 3 is 2.47 bits per heavy atom. The summed E-state index contributed by atoms with van der Waals surface area (Å²) in [7, 11) is 1.68. The standard InChI is InChI=1S/C21H33N3O3S.2ClH/c1-26-21-8-16(11-24-12-17-9-22-10-18(17)13-24)2-3-20(21)27-15-19(25)14-23-4-6-28-7-5-23;;/h2-3,8,17-19,22,25H,4-7,9-15H2,1H3;2*1H/t17-,18+,19?;;. The van der Waals surface area contributed by atoms with E-state index in [-0.39, 0.29) is 24.8 Å². The summed E-state index contributed by atoms with van der Waals surface area (Å²) in [5.41, 5.74) is 1.25. The fourth-order valence-corrected chi connectivity index (χ4v) is 5.57. The zero-order valence-corrected chi connectivity index (χ0v) is 20.1. The van der Waals surface area contributed by atoms with Crippen LogP contribution in [0.4, 0.5) is 0 Å². The van der Waals surface area contributed by atoms with Crippen molar-refractivity contribution in [1.29, 1.82) is 0 Å². The third kappa shape index (κ3) is 6.79. The van der Waals surface area contributed by atoms with Crippen molar-refractivity contribution in [1.82, 2.24) is 15.1 Å². The zero-order valence-electron chi connectivity index (χ0n) is 17.6. The van der Waals surface area contributed by atoms with Crippen LogP contribution >= 0.6 is 36.6 Å². The first-order chi connectivity index (χ1) is 13.7. The minimum atomic E-state index is -0.481. The second-order valence-corrected chi connectivity index (χ2v) is 9.46. The molecule has 0 saturated carbocycles. The van der Waals surface area contributed by atoms with Gasteiger partial charge in [-0.25, -0.2) is 0 Å². The van der Waals surface area contributed by atoms with Crippen molar-refractivity contribution in [2.75, 3.05) is 71.0 Å². The molecule has 0 bridgehead atoms. The lowest BCUT2D eigenvalue weighted by Crippen LogP contribution is -2.40. The third-order valence-electron chi connectivity index (χ3n) is 6.10. The molecule has 172 valence electrons. The van der Waals surface area contributed by atoms with Crippen molar-refractivity contribution < 1.29 is 14.6 Å². The summed E-state index contributed by atoms with van der Waals surface area (Å²) in [5, 5.41) is 13.8. The predicted molar refractivity (Wildman–Crippen MR) is 128 cm³/mol. The Balaban J connectivity index is 0.00000160. The molecule has 1 unspecified atom stereocenters. The number of β-amino-alcohol motifs (C(OH)–C–C–N with tert-alkyl or cyclic N) is 1. The van der Waals surface area contributed by atoms with Crippen LogP contribution in [0.2, 0.25) is 0 Å². The molecule has 3 aliphatic rings. The van der Waals surface area contributed by atoms with Crippen molar-refractivity contribution in [2.24, 2.45) is 11.8 Å². The molecule has 0 aromatic heterocycles. The number of ether oxygens (including phenoxy) is 2. The number of likely N-dealkylation sites (tertiary alicyclic amines) is 1. The Bertz CT molecular complexity index is 640. The Hall–Kier alpha value is -0.410. The molecular formula is C21H35Cl2N3O3S. The molecule has 3 aliphatic heterocycles. The van der Waals surface area contributed by atoms with E-state index < -0.39 is 6.10 Å². The fraction of sp³-hybridized carbons (Fsp3) is 0.714. The van der Waals surface area contributed by atoms with E-state index in [0.717, 1.165) is 61.8 Å². The summed E-state index contributed by atoms with van der Waals surface area (Å²) >= 11 is 1.98. The highest BCUT2D eigenvalue weighted by Crippen LogP contribution is 2.31. The molecule has 4 rings (SSSR count). The van der Waals surface area contributed by atoms with Gasteiger partial charge in [0.1, 0.15) is 12.7 Å². The first-order valence-corrected chi connectivity index (χ1v) is 11.6. The molecule has 1 aromatic carbocycles. The van der Waals surface area contributed by atoms with E-state index in [1.54, 1.807) is 7.11 Å².